The third-order valence-corrected chi connectivity index (χ3v) is 5.78. The van der Waals surface area contributed by atoms with Crippen LogP contribution in [0.2, 0.25) is 0 Å². The van der Waals surface area contributed by atoms with Gasteiger partial charge in [0.25, 0.3) is 0 Å². The van der Waals surface area contributed by atoms with Gasteiger partial charge >= 0.3 is 6.09 Å². The minimum absolute atomic E-state index is 0.0723. The molecule has 1 heterocycles. The van der Waals surface area contributed by atoms with Gasteiger partial charge in [-0.25, -0.2) is 4.79 Å². The zero-order chi connectivity index (χ0) is 19.0. The first-order chi connectivity index (χ1) is 13.1. The predicted octanol–water partition coefficient (Wildman–Crippen LogP) is 4.30. The van der Waals surface area contributed by atoms with Gasteiger partial charge in [0.05, 0.1) is 13.2 Å². The molecule has 2 unspecified atom stereocenters. The molecule has 0 aromatic heterocycles. The SMILES string of the molecule is COc1ccc(C2C(C)CCN2C(=O)O)cc1OC1Cc2ccccc2C1. The van der Waals surface area contributed by atoms with Crippen LogP contribution in [0.4, 0.5) is 4.79 Å². The van der Waals surface area contributed by atoms with Gasteiger partial charge < -0.3 is 19.5 Å². The lowest BCUT2D eigenvalue weighted by atomic mass is 9.95. The Balaban J connectivity index is 1.59. The van der Waals surface area contributed by atoms with Crippen LogP contribution in [-0.2, 0) is 12.8 Å². The Morgan fingerprint density at radius 2 is 1.81 bits per heavy atom. The van der Waals surface area contributed by atoms with E-state index in [0.717, 1.165) is 24.8 Å². The van der Waals surface area contributed by atoms with Crippen molar-refractivity contribution in [2.75, 3.05) is 13.7 Å². The zero-order valence-corrected chi connectivity index (χ0v) is 15.7. The van der Waals surface area contributed by atoms with E-state index in [-0.39, 0.29) is 18.1 Å². The molecule has 2 aromatic carbocycles. The smallest absolute Gasteiger partial charge is 0.407 e. The number of methoxy groups -OCH3 is 1. The molecule has 1 aliphatic carbocycles. The van der Waals surface area contributed by atoms with Crippen LogP contribution in [0.25, 0.3) is 0 Å². The molecule has 4 rings (SSSR count). The maximum atomic E-state index is 11.6. The molecule has 5 nitrogen and oxygen atoms in total. The first-order valence-corrected chi connectivity index (χ1v) is 9.47. The van der Waals surface area contributed by atoms with E-state index < -0.39 is 6.09 Å². The lowest BCUT2D eigenvalue weighted by Crippen LogP contribution is -2.30. The fourth-order valence-corrected chi connectivity index (χ4v) is 4.42. The second-order valence-corrected chi connectivity index (χ2v) is 7.51. The van der Waals surface area contributed by atoms with Crippen molar-refractivity contribution in [1.82, 2.24) is 4.90 Å². The number of hydrogen-bond acceptors (Lipinski definition) is 3. The second-order valence-electron chi connectivity index (χ2n) is 7.51. The van der Waals surface area contributed by atoms with Gasteiger partial charge in [0, 0.05) is 19.4 Å². The maximum absolute atomic E-state index is 11.6. The third kappa shape index (κ3) is 3.34. The zero-order valence-electron chi connectivity index (χ0n) is 15.7. The van der Waals surface area contributed by atoms with Crippen LogP contribution in [0.3, 0.4) is 0 Å². The predicted molar refractivity (Wildman–Crippen MR) is 103 cm³/mol. The minimum Gasteiger partial charge on any atom is -0.493 e. The first-order valence-electron chi connectivity index (χ1n) is 9.47. The number of hydrogen-bond donors (Lipinski definition) is 1. The van der Waals surface area contributed by atoms with Gasteiger partial charge in [-0.3, -0.25) is 0 Å². The van der Waals surface area contributed by atoms with Crippen molar-refractivity contribution in [1.29, 1.82) is 0 Å². The number of likely N-dealkylation sites (tertiary alicyclic amines) is 1. The summed E-state index contributed by atoms with van der Waals surface area (Å²) < 4.78 is 11.8. The highest BCUT2D eigenvalue weighted by Gasteiger charge is 2.36. The standard InChI is InChI=1S/C22H25NO4/c1-14-9-10-23(22(24)25)21(14)17-7-8-19(26-2)20(13-17)27-18-11-15-5-3-4-6-16(15)12-18/h3-8,13-14,18,21H,9-12H2,1-2H3,(H,24,25). The molecule has 0 saturated carbocycles. The average molecular weight is 367 g/mol. The van der Waals surface area contributed by atoms with E-state index in [4.69, 9.17) is 9.47 Å². The Morgan fingerprint density at radius 3 is 2.44 bits per heavy atom. The van der Waals surface area contributed by atoms with Crippen molar-refractivity contribution < 1.29 is 19.4 Å². The van der Waals surface area contributed by atoms with E-state index in [1.807, 2.05) is 18.2 Å². The van der Waals surface area contributed by atoms with E-state index in [9.17, 15) is 9.90 Å². The van der Waals surface area contributed by atoms with Crippen LogP contribution in [-0.4, -0.2) is 35.9 Å². The molecule has 1 amide bonds. The number of benzene rings is 2. The molecule has 2 aromatic rings. The molecule has 0 bridgehead atoms. The number of ether oxygens (including phenoxy) is 2. The highest BCUT2D eigenvalue weighted by atomic mass is 16.5. The summed E-state index contributed by atoms with van der Waals surface area (Å²) in [4.78, 5) is 13.1. The van der Waals surface area contributed by atoms with E-state index in [1.54, 1.807) is 7.11 Å². The molecule has 0 spiro atoms. The minimum atomic E-state index is -0.867. The Morgan fingerprint density at radius 1 is 1.11 bits per heavy atom. The van der Waals surface area contributed by atoms with E-state index in [2.05, 4.69) is 31.2 Å². The van der Waals surface area contributed by atoms with E-state index in [1.165, 1.54) is 16.0 Å². The number of carboxylic acid groups (broad SMARTS) is 1. The summed E-state index contributed by atoms with van der Waals surface area (Å²) in [6.07, 6.45) is 1.84. The summed E-state index contributed by atoms with van der Waals surface area (Å²) in [5, 5.41) is 9.53. The fraction of sp³-hybridized carbons (Fsp3) is 0.409. The van der Waals surface area contributed by atoms with E-state index in [0.29, 0.717) is 18.0 Å². The lowest BCUT2D eigenvalue weighted by molar-refractivity contribution is 0.135. The number of nitrogens with zero attached hydrogens (tertiary/aromatic N) is 1. The Hall–Kier alpha value is -2.69. The van der Waals surface area contributed by atoms with Crippen LogP contribution in [0, 0.1) is 5.92 Å². The molecular formula is C22H25NO4. The summed E-state index contributed by atoms with van der Waals surface area (Å²) in [6.45, 7) is 2.67. The monoisotopic (exact) mass is 367 g/mol. The Bertz CT molecular complexity index is 825. The summed E-state index contributed by atoms with van der Waals surface area (Å²) in [7, 11) is 1.63. The fourth-order valence-electron chi connectivity index (χ4n) is 4.42. The Labute approximate surface area is 159 Å². The Kier molecular flexibility index (Phi) is 4.68. The van der Waals surface area contributed by atoms with Crippen LogP contribution in [0.1, 0.15) is 36.1 Å². The molecule has 1 fully saturated rings. The molecule has 1 N–H and O–H groups in total. The molecule has 1 aliphatic heterocycles. The molecule has 2 aliphatic rings. The highest BCUT2D eigenvalue weighted by molar-refractivity contribution is 5.66. The molecular weight excluding hydrogens is 342 g/mol. The van der Waals surface area contributed by atoms with Crippen molar-refractivity contribution in [2.24, 2.45) is 5.92 Å². The van der Waals surface area contributed by atoms with Crippen molar-refractivity contribution in [2.45, 2.75) is 38.3 Å². The molecule has 2 atom stereocenters. The third-order valence-electron chi connectivity index (χ3n) is 5.78. The van der Waals surface area contributed by atoms with Crippen LogP contribution < -0.4 is 9.47 Å². The van der Waals surface area contributed by atoms with Gasteiger partial charge in [-0.2, -0.15) is 0 Å². The summed E-state index contributed by atoms with van der Waals surface area (Å²) in [5.41, 5.74) is 3.63. The molecule has 1 saturated heterocycles. The summed E-state index contributed by atoms with van der Waals surface area (Å²) >= 11 is 0. The largest absolute Gasteiger partial charge is 0.493 e. The van der Waals surface area contributed by atoms with Gasteiger partial charge in [0.15, 0.2) is 11.5 Å². The van der Waals surface area contributed by atoms with Crippen molar-refractivity contribution >= 4 is 6.09 Å². The number of amides is 1. The van der Waals surface area contributed by atoms with Crippen LogP contribution in [0.5, 0.6) is 11.5 Å². The van der Waals surface area contributed by atoms with Crippen LogP contribution in [0.15, 0.2) is 42.5 Å². The first kappa shape index (κ1) is 17.7. The maximum Gasteiger partial charge on any atom is 0.407 e. The van der Waals surface area contributed by atoms with Gasteiger partial charge in [-0.1, -0.05) is 37.3 Å². The summed E-state index contributed by atoms with van der Waals surface area (Å²) in [6, 6.07) is 14.1. The van der Waals surface area contributed by atoms with Crippen LogP contribution >= 0.6 is 0 Å². The number of fused-ring (bicyclic) bond motifs is 1. The molecule has 142 valence electrons. The second kappa shape index (κ2) is 7.14. The van der Waals surface area contributed by atoms with Gasteiger partial charge in [-0.05, 0) is 41.2 Å². The summed E-state index contributed by atoms with van der Waals surface area (Å²) in [5.74, 6) is 1.65. The number of rotatable bonds is 4. The highest BCUT2D eigenvalue weighted by Crippen LogP contribution is 2.41. The topological polar surface area (TPSA) is 59.0 Å². The average Bonchev–Trinajstić information content (AvgIpc) is 3.24. The molecule has 5 heteroatoms. The van der Waals surface area contributed by atoms with Crippen molar-refractivity contribution in [3.63, 3.8) is 0 Å². The molecule has 0 radical (unpaired) electrons. The van der Waals surface area contributed by atoms with Crippen molar-refractivity contribution in [3.8, 4) is 11.5 Å². The van der Waals surface area contributed by atoms with E-state index >= 15 is 0 Å². The lowest BCUT2D eigenvalue weighted by Gasteiger charge is -2.26. The van der Waals surface area contributed by atoms with Gasteiger partial charge in [0.2, 0.25) is 0 Å². The quantitative estimate of drug-likeness (QED) is 0.875. The normalized spacial score (nSPS) is 21.9. The molecule has 27 heavy (non-hydrogen) atoms. The van der Waals surface area contributed by atoms with Gasteiger partial charge in [0.1, 0.15) is 6.10 Å². The number of carbonyl (C=O) groups is 1. The van der Waals surface area contributed by atoms with Crippen molar-refractivity contribution in [3.05, 3.63) is 59.2 Å². The van der Waals surface area contributed by atoms with Gasteiger partial charge in [-0.15, -0.1) is 0 Å².